The average Bonchev–Trinajstić information content (AvgIpc) is 3.40. The molecule has 0 radical (unpaired) electrons. The van der Waals surface area contributed by atoms with E-state index in [2.05, 4.69) is 26.8 Å². The van der Waals surface area contributed by atoms with Crippen LogP contribution in [0.5, 0.6) is 0 Å². The zero-order chi connectivity index (χ0) is 24.5. The third-order valence-electron chi connectivity index (χ3n) is 6.09. The van der Waals surface area contributed by atoms with E-state index in [1.54, 1.807) is 6.07 Å². The normalized spacial score (nSPS) is 16.8. The van der Waals surface area contributed by atoms with Crippen molar-refractivity contribution in [3.05, 3.63) is 62.5 Å². The highest BCUT2D eigenvalue weighted by atomic mass is 35.5. The molecule has 1 saturated heterocycles. The van der Waals surface area contributed by atoms with Gasteiger partial charge in [-0.05, 0) is 44.4 Å². The molecule has 180 valence electrons. The van der Waals surface area contributed by atoms with Gasteiger partial charge in [0.15, 0.2) is 5.78 Å². The van der Waals surface area contributed by atoms with Gasteiger partial charge in [-0.15, -0.1) is 11.3 Å². The van der Waals surface area contributed by atoms with Gasteiger partial charge in [-0.25, -0.2) is 15.0 Å². The standard InChI is InChI=1S/C24H24ClF3N4OS/c1-3-16-5-4-8-32(16)13-20-23(15-7-6-14(2)17(9-15)24(26,27)28)31-22(34-20)10-19(33)18-11-30-21(25)12-29-18/h6-7,9,11-12,16H,3-5,8,10,13H2,1-2H3/t16-/m1/s1. The highest BCUT2D eigenvalue weighted by Crippen LogP contribution is 2.37. The Bertz CT molecular complexity index is 1180. The number of halogens is 4. The summed E-state index contributed by atoms with van der Waals surface area (Å²) in [4.78, 5) is 28.5. The first-order valence-electron chi connectivity index (χ1n) is 11.1. The summed E-state index contributed by atoms with van der Waals surface area (Å²) in [5.74, 6) is -0.275. The summed E-state index contributed by atoms with van der Waals surface area (Å²) >= 11 is 7.12. The van der Waals surface area contributed by atoms with Crippen molar-refractivity contribution in [3.8, 4) is 11.3 Å². The van der Waals surface area contributed by atoms with Crippen LogP contribution >= 0.6 is 22.9 Å². The number of carbonyl (C=O) groups excluding carboxylic acids is 1. The highest BCUT2D eigenvalue weighted by Gasteiger charge is 2.33. The van der Waals surface area contributed by atoms with Crippen molar-refractivity contribution in [2.45, 2.75) is 58.3 Å². The van der Waals surface area contributed by atoms with Crippen molar-refractivity contribution >= 4 is 28.7 Å². The third-order valence-corrected chi connectivity index (χ3v) is 7.33. The fourth-order valence-corrected chi connectivity index (χ4v) is 5.53. The zero-order valence-corrected chi connectivity index (χ0v) is 20.4. The molecular formula is C24H24ClF3N4OS. The Morgan fingerprint density at radius 3 is 2.74 bits per heavy atom. The maximum absolute atomic E-state index is 13.6. The maximum atomic E-state index is 13.6. The molecule has 0 amide bonds. The Hall–Kier alpha value is -2.36. The van der Waals surface area contributed by atoms with Crippen LogP contribution in [0.15, 0.2) is 30.6 Å². The number of thiazole rings is 1. The summed E-state index contributed by atoms with van der Waals surface area (Å²) < 4.78 is 40.7. The molecule has 1 aromatic carbocycles. The fourth-order valence-electron chi connectivity index (χ4n) is 4.32. The summed E-state index contributed by atoms with van der Waals surface area (Å²) in [6.07, 6.45) is 1.36. The number of aryl methyl sites for hydroxylation is 1. The number of carbonyl (C=O) groups is 1. The quantitative estimate of drug-likeness (QED) is 0.346. The van der Waals surface area contributed by atoms with E-state index in [9.17, 15) is 18.0 Å². The summed E-state index contributed by atoms with van der Waals surface area (Å²) in [5, 5.41) is 0.722. The van der Waals surface area contributed by atoms with Gasteiger partial charge in [-0.3, -0.25) is 9.69 Å². The van der Waals surface area contributed by atoms with Crippen LogP contribution in [0.25, 0.3) is 11.3 Å². The first-order valence-corrected chi connectivity index (χ1v) is 12.3. The van der Waals surface area contributed by atoms with Gasteiger partial charge in [0.25, 0.3) is 0 Å². The molecule has 0 bridgehead atoms. The largest absolute Gasteiger partial charge is 0.416 e. The summed E-state index contributed by atoms with van der Waals surface area (Å²) in [5.41, 5.74) is 0.563. The number of hydrogen-bond donors (Lipinski definition) is 0. The molecule has 0 N–H and O–H groups in total. The molecule has 1 atom stereocenters. The maximum Gasteiger partial charge on any atom is 0.416 e. The average molecular weight is 509 g/mol. The van der Waals surface area contributed by atoms with Crippen LogP contribution in [0, 0.1) is 6.92 Å². The van der Waals surface area contributed by atoms with Crippen LogP contribution in [0.4, 0.5) is 13.2 Å². The second-order valence-corrected chi connectivity index (χ2v) is 9.96. The van der Waals surface area contributed by atoms with E-state index in [1.807, 2.05) is 0 Å². The van der Waals surface area contributed by atoms with Crippen molar-refractivity contribution in [2.75, 3.05) is 6.54 Å². The number of rotatable bonds is 7. The topological polar surface area (TPSA) is 59.0 Å². The van der Waals surface area contributed by atoms with Crippen molar-refractivity contribution in [2.24, 2.45) is 0 Å². The minimum atomic E-state index is -4.45. The lowest BCUT2D eigenvalue weighted by Crippen LogP contribution is -2.28. The van der Waals surface area contributed by atoms with E-state index >= 15 is 0 Å². The lowest BCUT2D eigenvalue weighted by atomic mass is 10.0. The first kappa shape index (κ1) is 24.8. The SMILES string of the molecule is CC[C@@H]1CCCN1Cc1sc(CC(=O)c2cnc(Cl)cn2)nc1-c1ccc(C)c(C(F)(F)F)c1. The molecule has 3 aromatic rings. The summed E-state index contributed by atoms with van der Waals surface area (Å²) in [7, 11) is 0. The molecule has 2 aromatic heterocycles. The van der Waals surface area contributed by atoms with Crippen LogP contribution in [0.1, 0.15) is 57.7 Å². The Morgan fingerprint density at radius 1 is 1.26 bits per heavy atom. The molecule has 4 rings (SSSR count). The number of likely N-dealkylation sites (tertiary alicyclic amines) is 1. The van der Waals surface area contributed by atoms with Crippen molar-refractivity contribution in [1.82, 2.24) is 19.9 Å². The molecule has 5 nitrogen and oxygen atoms in total. The Morgan fingerprint density at radius 2 is 2.06 bits per heavy atom. The number of alkyl halides is 3. The van der Waals surface area contributed by atoms with Gasteiger partial charge in [0, 0.05) is 23.0 Å². The van der Waals surface area contributed by atoms with Gasteiger partial charge in [0.05, 0.1) is 30.1 Å². The van der Waals surface area contributed by atoms with E-state index < -0.39 is 11.7 Å². The predicted octanol–water partition coefficient (Wildman–Crippen LogP) is 6.38. The number of aromatic nitrogens is 3. The molecule has 1 aliphatic rings. The van der Waals surface area contributed by atoms with Gasteiger partial charge < -0.3 is 0 Å². The van der Waals surface area contributed by atoms with Crippen LogP contribution in [0.2, 0.25) is 5.15 Å². The van der Waals surface area contributed by atoms with E-state index in [0.717, 1.165) is 36.8 Å². The molecular weight excluding hydrogens is 485 g/mol. The zero-order valence-electron chi connectivity index (χ0n) is 18.8. The second-order valence-electron chi connectivity index (χ2n) is 8.41. The van der Waals surface area contributed by atoms with Gasteiger partial charge >= 0.3 is 6.18 Å². The Kier molecular flexibility index (Phi) is 7.35. The molecule has 0 saturated carbocycles. The predicted molar refractivity (Wildman–Crippen MR) is 126 cm³/mol. The molecule has 1 aliphatic heterocycles. The number of ketones is 1. The number of hydrogen-bond acceptors (Lipinski definition) is 6. The van der Waals surface area contributed by atoms with Gasteiger partial charge in [-0.2, -0.15) is 13.2 Å². The molecule has 1 fully saturated rings. The minimum absolute atomic E-state index is 0.0107. The number of nitrogens with zero attached hydrogens (tertiary/aromatic N) is 4. The van der Waals surface area contributed by atoms with Gasteiger partial charge in [0.2, 0.25) is 0 Å². The van der Waals surface area contributed by atoms with E-state index in [4.69, 9.17) is 11.6 Å². The van der Waals surface area contributed by atoms with Crippen molar-refractivity contribution in [1.29, 1.82) is 0 Å². The van der Waals surface area contributed by atoms with Crippen LogP contribution in [0.3, 0.4) is 0 Å². The molecule has 3 heterocycles. The monoisotopic (exact) mass is 508 g/mol. The van der Waals surface area contributed by atoms with Crippen molar-refractivity contribution in [3.63, 3.8) is 0 Å². The van der Waals surface area contributed by atoms with Crippen molar-refractivity contribution < 1.29 is 18.0 Å². The van der Waals surface area contributed by atoms with Crippen LogP contribution in [-0.2, 0) is 19.1 Å². The van der Waals surface area contributed by atoms with E-state index in [-0.39, 0.29) is 28.6 Å². The second kappa shape index (κ2) is 10.1. The molecule has 34 heavy (non-hydrogen) atoms. The van der Waals surface area contributed by atoms with Gasteiger partial charge in [0.1, 0.15) is 15.9 Å². The van der Waals surface area contributed by atoms with E-state index in [0.29, 0.717) is 28.9 Å². The summed E-state index contributed by atoms with van der Waals surface area (Å²) in [6, 6.07) is 4.74. The smallest absolute Gasteiger partial charge is 0.295 e. The van der Waals surface area contributed by atoms with Gasteiger partial charge in [-0.1, -0.05) is 30.7 Å². The highest BCUT2D eigenvalue weighted by molar-refractivity contribution is 7.12. The Labute approximate surface area is 205 Å². The number of benzene rings is 1. The third kappa shape index (κ3) is 5.47. The minimum Gasteiger partial charge on any atom is -0.295 e. The van der Waals surface area contributed by atoms with Crippen LogP contribution in [-0.4, -0.2) is 38.2 Å². The lowest BCUT2D eigenvalue weighted by molar-refractivity contribution is -0.138. The first-order chi connectivity index (χ1) is 16.2. The fraction of sp³-hybridized carbons (Fsp3) is 0.417. The number of Topliss-reactive ketones (excluding diaryl/α,β-unsaturated/α-hetero) is 1. The summed E-state index contributed by atoms with van der Waals surface area (Å²) in [6.45, 7) is 5.12. The lowest BCUT2D eigenvalue weighted by Gasteiger charge is -2.23. The molecule has 0 spiro atoms. The molecule has 10 heteroatoms. The molecule has 0 unspecified atom stereocenters. The van der Waals surface area contributed by atoms with Crippen LogP contribution < -0.4 is 0 Å². The van der Waals surface area contributed by atoms with E-state index in [1.165, 1.54) is 36.7 Å². The molecule has 0 aliphatic carbocycles. The Balaban J connectivity index is 1.70.